The Bertz CT molecular complexity index is 1150. The van der Waals surface area contributed by atoms with Gasteiger partial charge in [-0.25, -0.2) is 4.79 Å². The van der Waals surface area contributed by atoms with Crippen LogP contribution >= 0.6 is 0 Å². The summed E-state index contributed by atoms with van der Waals surface area (Å²) in [7, 11) is 1.90. The van der Waals surface area contributed by atoms with Crippen LogP contribution in [0, 0.1) is 11.5 Å². The van der Waals surface area contributed by atoms with Crippen LogP contribution in [-0.2, 0) is 16.6 Å². The van der Waals surface area contributed by atoms with Gasteiger partial charge >= 0.3 is 6.09 Å². The van der Waals surface area contributed by atoms with Gasteiger partial charge in [-0.1, -0.05) is 0 Å². The zero-order valence-corrected chi connectivity index (χ0v) is 17.3. The number of aryl methyl sites for hydroxylation is 1. The van der Waals surface area contributed by atoms with E-state index in [2.05, 4.69) is 5.32 Å². The molecule has 2 aromatic carbocycles. The number of ketones is 1. The molecule has 0 unspecified atom stereocenters. The fourth-order valence-electron chi connectivity index (χ4n) is 3.37. The van der Waals surface area contributed by atoms with Crippen LogP contribution in [0.3, 0.4) is 0 Å². The molecular formula is C23H24N3O5+. The maximum atomic E-state index is 12.1. The van der Waals surface area contributed by atoms with Crippen molar-refractivity contribution < 1.29 is 28.7 Å². The first kappa shape index (κ1) is 22.0. The van der Waals surface area contributed by atoms with Crippen molar-refractivity contribution in [3.05, 3.63) is 42.5 Å². The summed E-state index contributed by atoms with van der Waals surface area (Å²) < 4.78 is 12.0. The quantitative estimate of drug-likeness (QED) is 0.237. The normalized spacial score (nSPS) is 10.6. The molecule has 2 N–H and O–H groups in total. The van der Waals surface area contributed by atoms with Gasteiger partial charge < -0.3 is 14.6 Å². The van der Waals surface area contributed by atoms with Gasteiger partial charge in [-0.3, -0.25) is 10.1 Å². The molecule has 0 atom stereocenters. The SMILES string of the molecule is C[n+]1c2cc(NC(=O)OCCCC(=O)CCCO)ccc2cc2ccc(OC#N)cc21. The van der Waals surface area contributed by atoms with E-state index in [1.165, 1.54) is 0 Å². The number of nitrogens with one attached hydrogen (secondary N) is 1. The second-order valence-electron chi connectivity index (χ2n) is 7.12. The minimum Gasteiger partial charge on any atom is -0.449 e. The highest BCUT2D eigenvalue weighted by Gasteiger charge is 2.14. The van der Waals surface area contributed by atoms with E-state index in [9.17, 15) is 9.59 Å². The summed E-state index contributed by atoms with van der Waals surface area (Å²) in [6.07, 6.45) is 2.66. The Hall–Kier alpha value is -3.70. The lowest BCUT2D eigenvalue weighted by Crippen LogP contribution is -2.30. The number of hydrogen-bond acceptors (Lipinski definition) is 6. The number of nitriles is 1. The molecule has 160 valence electrons. The van der Waals surface area contributed by atoms with E-state index in [0.29, 0.717) is 37.1 Å². The van der Waals surface area contributed by atoms with Crippen molar-refractivity contribution in [1.82, 2.24) is 0 Å². The molecule has 1 amide bonds. The zero-order chi connectivity index (χ0) is 22.2. The van der Waals surface area contributed by atoms with Crippen molar-refractivity contribution in [2.75, 3.05) is 18.5 Å². The lowest BCUT2D eigenvalue weighted by atomic mass is 10.1. The molecule has 31 heavy (non-hydrogen) atoms. The molecule has 1 aromatic heterocycles. The number of aliphatic hydroxyl groups is 1. The monoisotopic (exact) mass is 422 g/mol. The Balaban J connectivity index is 1.66. The van der Waals surface area contributed by atoms with Gasteiger partial charge in [0.25, 0.3) is 6.26 Å². The van der Waals surface area contributed by atoms with E-state index in [4.69, 9.17) is 19.8 Å². The fourth-order valence-corrected chi connectivity index (χ4v) is 3.37. The molecule has 0 bridgehead atoms. The highest BCUT2D eigenvalue weighted by molar-refractivity contribution is 5.93. The topological polar surface area (TPSA) is 113 Å². The van der Waals surface area contributed by atoms with Crippen LogP contribution in [0.1, 0.15) is 25.7 Å². The Labute approximate surface area is 179 Å². The van der Waals surface area contributed by atoms with E-state index in [0.717, 1.165) is 21.8 Å². The number of pyridine rings is 1. The molecule has 0 fully saturated rings. The average Bonchev–Trinajstić information content (AvgIpc) is 2.76. The van der Waals surface area contributed by atoms with Gasteiger partial charge in [0.2, 0.25) is 11.0 Å². The molecule has 0 saturated carbocycles. The molecule has 0 aliphatic carbocycles. The molecule has 3 rings (SSSR count). The molecule has 8 heteroatoms. The van der Waals surface area contributed by atoms with Crippen LogP contribution in [0.5, 0.6) is 5.75 Å². The van der Waals surface area contributed by atoms with E-state index in [1.54, 1.807) is 24.5 Å². The number of ether oxygens (including phenoxy) is 2. The predicted molar refractivity (Wildman–Crippen MR) is 114 cm³/mol. The summed E-state index contributed by atoms with van der Waals surface area (Å²) in [6, 6.07) is 13.0. The van der Waals surface area contributed by atoms with Crippen molar-refractivity contribution in [2.24, 2.45) is 7.05 Å². The maximum Gasteiger partial charge on any atom is 0.411 e. The third kappa shape index (κ3) is 5.68. The number of aromatic nitrogens is 1. The van der Waals surface area contributed by atoms with Crippen molar-refractivity contribution in [2.45, 2.75) is 25.7 Å². The number of nitrogens with zero attached hydrogens (tertiary/aromatic N) is 2. The Kier molecular flexibility index (Phi) is 7.35. The Morgan fingerprint density at radius 2 is 1.77 bits per heavy atom. The summed E-state index contributed by atoms with van der Waals surface area (Å²) >= 11 is 0. The minimum atomic E-state index is -0.588. The number of anilines is 1. The van der Waals surface area contributed by atoms with Crippen LogP contribution in [0.2, 0.25) is 0 Å². The molecule has 0 aliphatic heterocycles. The number of carbonyl (C=O) groups excluding carboxylic acids is 2. The van der Waals surface area contributed by atoms with Crippen LogP contribution < -0.4 is 14.6 Å². The van der Waals surface area contributed by atoms with E-state index < -0.39 is 6.09 Å². The highest BCUT2D eigenvalue weighted by atomic mass is 16.5. The third-order valence-electron chi connectivity index (χ3n) is 4.92. The molecule has 1 heterocycles. The number of carbonyl (C=O) groups is 2. The van der Waals surface area contributed by atoms with E-state index in [1.807, 2.05) is 35.9 Å². The maximum absolute atomic E-state index is 12.1. The summed E-state index contributed by atoms with van der Waals surface area (Å²) in [4.78, 5) is 23.6. The number of fused-ring (bicyclic) bond motifs is 2. The van der Waals surface area contributed by atoms with Gasteiger partial charge in [-0.15, -0.1) is 5.26 Å². The second kappa shape index (κ2) is 10.4. The molecule has 0 radical (unpaired) electrons. The summed E-state index contributed by atoms with van der Waals surface area (Å²) in [6.45, 7) is 0.142. The number of hydrogen-bond donors (Lipinski definition) is 2. The minimum absolute atomic E-state index is 0.00122. The molecular weight excluding hydrogens is 398 g/mol. The van der Waals surface area contributed by atoms with Crippen molar-refractivity contribution >= 4 is 39.4 Å². The van der Waals surface area contributed by atoms with E-state index >= 15 is 0 Å². The number of Topliss-reactive ketones (excluding diaryl/α,β-unsaturated/α-hetero) is 1. The van der Waals surface area contributed by atoms with Crippen molar-refractivity contribution in [3.63, 3.8) is 0 Å². The zero-order valence-electron chi connectivity index (χ0n) is 17.3. The number of rotatable bonds is 9. The van der Waals surface area contributed by atoms with Gasteiger partial charge in [0.15, 0.2) is 0 Å². The lowest BCUT2D eigenvalue weighted by molar-refractivity contribution is -0.617. The summed E-state index contributed by atoms with van der Waals surface area (Å²) in [5.74, 6) is 0.508. The van der Waals surface area contributed by atoms with Crippen LogP contribution in [0.25, 0.3) is 21.8 Å². The molecule has 0 aliphatic rings. The standard InChI is InChI=1S/C23H23N3O5/c1-26-21-13-18(25-23(29)30-11-3-5-19(28)4-2-10-27)8-6-16(21)12-17-7-9-20(31-15-24)14-22(17)26/h6-9,12-14,27H,2-5,10-11H2,1H3/p+1. The van der Waals surface area contributed by atoms with Crippen LogP contribution in [0.15, 0.2) is 42.5 Å². The van der Waals surface area contributed by atoms with Gasteiger partial charge in [0.1, 0.15) is 18.6 Å². The summed E-state index contributed by atoms with van der Waals surface area (Å²) in [5.41, 5.74) is 2.34. The molecule has 8 nitrogen and oxygen atoms in total. The smallest absolute Gasteiger partial charge is 0.411 e. The number of aliphatic hydroxyl groups excluding tert-OH is 1. The number of benzene rings is 2. The molecule has 0 spiro atoms. The average molecular weight is 422 g/mol. The van der Waals surface area contributed by atoms with Gasteiger partial charge in [0, 0.05) is 36.3 Å². The van der Waals surface area contributed by atoms with Crippen molar-refractivity contribution in [3.8, 4) is 12.0 Å². The van der Waals surface area contributed by atoms with E-state index in [-0.39, 0.29) is 19.0 Å². The van der Waals surface area contributed by atoms with Gasteiger partial charge in [-0.05, 0) is 43.2 Å². The first-order valence-corrected chi connectivity index (χ1v) is 10.0. The predicted octanol–water partition coefficient (Wildman–Crippen LogP) is 3.35. The highest BCUT2D eigenvalue weighted by Crippen LogP contribution is 2.24. The first-order chi connectivity index (χ1) is 15.0. The number of amides is 1. The Morgan fingerprint density at radius 1 is 1.06 bits per heavy atom. The first-order valence-electron chi connectivity index (χ1n) is 10.0. The molecule has 0 saturated heterocycles. The lowest BCUT2D eigenvalue weighted by Gasteiger charge is -2.08. The van der Waals surface area contributed by atoms with Crippen LogP contribution in [0.4, 0.5) is 10.5 Å². The van der Waals surface area contributed by atoms with Crippen LogP contribution in [-0.4, -0.2) is 30.2 Å². The van der Waals surface area contributed by atoms with Gasteiger partial charge in [0.05, 0.1) is 18.4 Å². The second-order valence-corrected chi connectivity index (χ2v) is 7.12. The molecule has 3 aromatic rings. The fraction of sp³-hybridized carbons (Fsp3) is 0.304. The largest absolute Gasteiger partial charge is 0.449 e. The summed E-state index contributed by atoms with van der Waals surface area (Å²) in [5, 5.41) is 22.1. The van der Waals surface area contributed by atoms with Gasteiger partial charge in [-0.2, -0.15) is 4.57 Å². The Morgan fingerprint density at radius 3 is 2.52 bits per heavy atom. The third-order valence-corrected chi connectivity index (χ3v) is 4.92. The van der Waals surface area contributed by atoms with Crippen molar-refractivity contribution in [1.29, 1.82) is 5.26 Å².